The van der Waals surface area contributed by atoms with Gasteiger partial charge in [0.05, 0.1) is 26.9 Å². The van der Waals surface area contributed by atoms with Gasteiger partial charge in [-0.05, 0) is 37.5 Å². The molecule has 1 saturated carbocycles. The number of ketones is 1. The summed E-state index contributed by atoms with van der Waals surface area (Å²) in [5.41, 5.74) is -0.472. The first-order chi connectivity index (χ1) is 14.4. The Hall–Kier alpha value is -3.47. The lowest BCUT2D eigenvalue weighted by atomic mass is 9.96. The van der Waals surface area contributed by atoms with Crippen LogP contribution >= 0.6 is 0 Å². The van der Waals surface area contributed by atoms with Crippen molar-refractivity contribution in [2.75, 3.05) is 21.3 Å². The van der Waals surface area contributed by atoms with Crippen LogP contribution in [-0.2, 0) is 0 Å². The fourth-order valence-electron chi connectivity index (χ4n) is 4.05. The fraction of sp³-hybridized carbons (Fsp3) is 0.409. The summed E-state index contributed by atoms with van der Waals surface area (Å²) < 4.78 is 17.1. The maximum absolute atomic E-state index is 13.4. The molecule has 0 saturated heterocycles. The highest BCUT2D eigenvalue weighted by Crippen LogP contribution is 2.40. The molecule has 3 rings (SSSR count). The Morgan fingerprint density at radius 3 is 2.17 bits per heavy atom. The molecule has 1 N–H and O–H groups in total. The average molecular weight is 412 g/mol. The number of carbonyl (C=O) groups is 1. The van der Waals surface area contributed by atoms with Crippen molar-refractivity contribution in [1.82, 2.24) is 4.57 Å². The van der Waals surface area contributed by atoms with E-state index in [9.17, 15) is 20.0 Å². The van der Waals surface area contributed by atoms with Gasteiger partial charge in [0.25, 0.3) is 5.56 Å². The van der Waals surface area contributed by atoms with Crippen molar-refractivity contribution in [3.8, 4) is 29.2 Å². The van der Waals surface area contributed by atoms with E-state index in [0.29, 0.717) is 18.6 Å². The molecule has 0 aliphatic heterocycles. The molecule has 1 aromatic carbocycles. The van der Waals surface area contributed by atoms with E-state index in [1.54, 1.807) is 0 Å². The summed E-state index contributed by atoms with van der Waals surface area (Å²) in [6, 6.07) is 4.60. The number of aromatic hydroxyl groups is 1. The molecular weight excluding hydrogens is 388 g/mol. The zero-order valence-electron chi connectivity index (χ0n) is 17.4. The predicted molar refractivity (Wildman–Crippen MR) is 109 cm³/mol. The van der Waals surface area contributed by atoms with E-state index < -0.39 is 17.2 Å². The summed E-state index contributed by atoms with van der Waals surface area (Å²) in [6.07, 6.45) is 3.25. The molecule has 1 fully saturated rings. The average Bonchev–Trinajstić information content (AvgIpc) is 3.27. The third-order valence-electron chi connectivity index (χ3n) is 5.59. The van der Waals surface area contributed by atoms with Crippen LogP contribution in [0.5, 0.6) is 23.1 Å². The molecule has 0 spiro atoms. The van der Waals surface area contributed by atoms with Gasteiger partial charge in [-0.2, -0.15) is 5.26 Å². The second-order valence-electron chi connectivity index (χ2n) is 7.17. The van der Waals surface area contributed by atoms with Gasteiger partial charge in [-0.3, -0.25) is 14.2 Å². The third-order valence-corrected chi connectivity index (χ3v) is 5.59. The second-order valence-corrected chi connectivity index (χ2v) is 7.17. The number of aromatic nitrogens is 1. The van der Waals surface area contributed by atoms with Crippen molar-refractivity contribution in [3.05, 3.63) is 44.7 Å². The van der Waals surface area contributed by atoms with Crippen LogP contribution in [0.3, 0.4) is 0 Å². The van der Waals surface area contributed by atoms with Gasteiger partial charge in [-0.15, -0.1) is 0 Å². The summed E-state index contributed by atoms with van der Waals surface area (Å²) in [4.78, 5) is 26.3. The van der Waals surface area contributed by atoms with Gasteiger partial charge in [-0.1, -0.05) is 12.8 Å². The van der Waals surface area contributed by atoms with E-state index in [2.05, 4.69) is 0 Å². The Kier molecular flexibility index (Phi) is 6.01. The molecule has 1 heterocycles. The lowest BCUT2D eigenvalue weighted by Crippen LogP contribution is -2.29. The van der Waals surface area contributed by atoms with Crippen molar-refractivity contribution in [2.45, 2.75) is 38.6 Å². The molecular formula is C22H24N2O6. The number of rotatable bonds is 6. The maximum Gasteiger partial charge on any atom is 0.271 e. The maximum atomic E-state index is 13.4. The van der Waals surface area contributed by atoms with Gasteiger partial charge < -0.3 is 19.3 Å². The van der Waals surface area contributed by atoms with Crippen LogP contribution in [0, 0.1) is 18.3 Å². The highest BCUT2D eigenvalue weighted by Gasteiger charge is 2.30. The summed E-state index contributed by atoms with van der Waals surface area (Å²) >= 11 is 0. The summed E-state index contributed by atoms with van der Waals surface area (Å²) in [6.45, 7) is 1.49. The van der Waals surface area contributed by atoms with E-state index >= 15 is 0 Å². The number of nitrogens with zero attached hydrogens (tertiary/aromatic N) is 2. The van der Waals surface area contributed by atoms with E-state index in [-0.39, 0.29) is 39.8 Å². The summed E-state index contributed by atoms with van der Waals surface area (Å²) in [5.74, 6) is -0.0790. The molecule has 8 nitrogen and oxygen atoms in total. The Bertz CT molecular complexity index is 1070. The van der Waals surface area contributed by atoms with Crippen molar-refractivity contribution < 1.29 is 24.1 Å². The lowest BCUT2D eigenvalue weighted by Gasteiger charge is -2.20. The molecule has 1 aliphatic carbocycles. The van der Waals surface area contributed by atoms with Crippen molar-refractivity contribution >= 4 is 5.78 Å². The molecule has 0 amide bonds. The standard InChI is InChI=1S/C22H24N2O6/c1-12-15(11-23)21(26)24(14-7-5-6-8-14)22(27)18(12)19(25)13-9-16(28-2)20(30-4)17(10-13)29-3/h9-10,14,27H,5-8H2,1-4H3. The summed E-state index contributed by atoms with van der Waals surface area (Å²) in [5, 5.41) is 20.5. The van der Waals surface area contributed by atoms with Crippen molar-refractivity contribution in [1.29, 1.82) is 5.26 Å². The van der Waals surface area contributed by atoms with Crippen LogP contribution < -0.4 is 19.8 Å². The van der Waals surface area contributed by atoms with Crippen LogP contribution in [0.2, 0.25) is 0 Å². The van der Waals surface area contributed by atoms with Gasteiger partial charge in [0.1, 0.15) is 11.6 Å². The number of carbonyl (C=O) groups excluding carboxylic acids is 1. The number of methoxy groups -OCH3 is 3. The SMILES string of the molecule is COc1cc(C(=O)c2c(C)c(C#N)c(=O)n(C3CCCC3)c2O)cc(OC)c1OC. The number of hydrogen-bond acceptors (Lipinski definition) is 7. The molecule has 0 radical (unpaired) electrons. The van der Waals surface area contributed by atoms with Gasteiger partial charge in [0.15, 0.2) is 17.3 Å². The molecule has 0 atom stereocenters. The molecule has 2 aromatic rings. The van der Waals surface area contributed by atoms with E-state index in [1.165, 1.54) is 45.0 Å². The van der Waals surface area contributed by atoms with Crippen LogP contribution in [0.25, 0.3) is 0 Å². The lowest BCUT2D eigenvalue weighted by molar-refractivity contribution is 0.103. The number of ether oxygens (including phenoxy) is 3. The molecule has 1 aromatic heterocycles. The van der Waals surface area contributed by atoms with E-state index in [4.69, 9.17) is 14.2 Å². The van der Waals surface area contributed by atoms with Crippen LogP contribution in [-0.4, -0.2) is 36.8 Å². The van der Waals surface area contributed by atoms with Crippen molar-refractivity contribution in [3.63, 3.8) is 0 Å². The molecule has 0 bridgehead atoms. The first-order valence-corrected chi connectivity index (χ1v) is 9.62. The van der Waals surface area contributed by atoms with E-state index in [1.807, 2.05) is 6.07 Å². The Balaban J connectivity index is 2.26. The van der Waals surface area contributed by atoms with Gasteiger partial charge >= 0.3 is 0 Å². The minimum Gasteiger partial charge on any atom is -0.494 e. The Morgan fingerprint density at radius 1 is 1.13 bits per heavy atom. The Morgan fingerprint density at radius 2 is 1.70 bits per heavy atom. The van der Waals surface area contributed by atoms with Crippen LogP contribution in [0.4, 0.5) is 0 Å². The van der Waals surface area contributed by atoms with Crippen LogP contribution in [0.15, 0.2) is 16.9 Å². The zero-order valence-corrected chi connectivity index (χ0v) is 17.4. The normalized spacial score (nSPS) is 13.7. The molecule has 30 heavy (non-hydrogen) atoms. The smallest absolute Gasteiger partial charge is 0.271 e. The highest BCUT2D eigenvalue weighted by atomic mass is 16.5. The van der Waals surface area contributed by atoms with Gasteiger partial charge in [-0.25, -0.2) is 0 Å². The monoisotopic (exact) mass is 412 g/mol. The largest absolute Gasteiger partial charge is 0.494 e. The van der Waals surface area contributed by atoms with Gasteiger partial charge in [0, 0.05) is 11.6 Å². The van der Waals surface area contributed by atoms with Crippen LogP contribution in [0.1, 0.15) is 58.8 Å². The Labute approximate surface area is 174 Å². The molecule has 0 unspecified atom stereocenters. The summed E-state index contributed by atoms with van der Waals surface area (Å²) in [7, 11) is 4.32. The minimum absolute atomic E-state index is 0.0766. The second kappa shape index (κ2) is 8.49. The number of nitriles is 1. The molecule has 158 valence electrons. The predicted octanol–water partition coefficient (Wildman–Crippen LogP) is 3.11. The number of benzene rings is 1. The quantitative estimate of drug-likeness (QED) is 0.726. The van der Waals surface area contributed by atoms with E-state index in [0.717, 1.165) is 12.8 Å². The number of hydrogen-bond donors (Lipinski definition) is 1. The first-order valence-electron chi connectivity index (χ1n) is 9.62. The minimum atomic E-state index is -0.569. The third kappa shape index (κ3) is 3.36. The molecule has 1 aliphatic rings. The van der Waals surface area contributed by atoms with Crippen molar-refractivity contribution in [2.24, 2.45) is 0 Å². The fourth-order valence-corrected chi connectivity index (χ4v) is 4.05. The van der Waals surface area contributed by atoms with Gasteiger partial charge in [0.2, 0.25) is 11.6 Å². The first kappa shape index (κ1) is 21.2. The molecule has 8 heteroatoms. The highest BCUT2D eigenvalue weighted by molar-refractivity contribution is 6.12. The zero-order chi connectivity index (χ0) is 22.0. The topological polar surface area (TPSA) is 111 Å². The number of pyridine rings is 1.